The first-order chi connectivity index (χ1) is 7.43. The molecule has 0 aromatic heterocycles. The van der Waals surface area contributed by atoms with Gasteiger partial charge in [0.1, 0.15) is 0 Å². The Morgan fingerprint density at radius 2 is 1.87 bits per heavy atom. The van der Waals surface area contributed by atoms with Crippen LogP contribution in [-0.2, 0) is 20.7 Å². The predicted octanol–water partition coefficient (Wildman–Crippen LogP) is 1.81. The van der Waals surface area contributed by atoms with E-state index in [0.717, 1.165) is 12.8 Å². The molecule has 0 aliphatic carbocycles. The SMILES string of the molecule is O=COCCCOCCc1ccccc1. The number of benzene rings is 1. The van der Waals surface area contributed by atoms with E-state index in [0.29, 0.717) is 26.3 Å². The lowest BCUT2D eigenvalue weighted by Crippen LogP contribution is -2.03. The summed E-state index contributed by atoms with van der Waals surface area (Å²) in [6, 6.07) is 10.2. The van der Waals surface area contributed by atoms with Crippen LogP contribution in [0, 0.1) is 0 Å². The Morgan fingerprint density at radius 3 is 2.60 bits per heavy atom. The van der Waals surface area contributed by atoms with Crippen molar-refractivity contribution in [2.45, 2.75) is 12.8 Å². The molecule has 0 aliphatic heterocycles. The van der Waals surface area contributed by atoms with E-state index in [9.17, 15) is 4.79 Å². The molecule has 0 saturated heterocycles. The van der Waals surface area contributed by atoms with Gasteiger partial charge < -0.3 is 9.47 Å². The second-order valence-electron chi connectivity index (χ2n) is 3.17. The zero-order chi connectivity index (χ0) is 10.8. The molecule has 82 valence electrons. The van der Waals surface area contributed by atoms with Gasteiger partial charge in [-0.25, -0.2) is 0 Å². The van der Waals surface area contributed by atoms with Crippen LogP contribution >= 0.6 is 0 Å². The molecular weight excluding hydrogens is 192 g/mol. The Hall–Kier alpha value is -1.35. The van der Waals surface area contributed by atoms with Crippen LogP contribution in [0.15, 0.2) is 30.3 Å². The van der Waals surface area contributed by atoms with Gasteiger partial charge in [0.05, 0.1) is 13.2 Å². The van der Waals surface area contributed by atoms with Crippen molar-refractivity contribution in [2.75, 3.05) is 19.8 Å². The standard InChI is InChI=1S/C12H16O3/c13-11-15-9-4-8-14-10-7-12-5-2-1-3-6-12/h1-3,5-6,11H,4,7-10H2. The van der Waals surface area contributed by atoms with Crippen molar-refractivity contribution in [1.82, 2.24) is 0 Å². The van der Waals surface area contributed by atoms with Gasteiger partial charge >= 0.3 is 0 Å². The summed E-state index contributed by atoms with van der Waals surface area (Å²) in [6.45, 7) is 2.25. The van der Waals surface area contributed by atoms with Crippen molar-refractivity contribution < 1.29 is 14.3 Å². The Balaban J connectivity index is 1.95. The zero-order valence-corrected chi connectivity index (χ0v) is 8.72. The van der Waals surface area contributed by atoms with Crippen molar-refractivity contribution in [3.8, 4) is 0 Å². The third kappa shape index (κ3) is 5.86. The van der Waals surface area contributed by atoms with E-state index in [1.54, 1.807) is 0 Å². The first kappa shape index (κ1) is 11.7. The Bertz CT molecular complexity index is 259. The van der Waals surface area contributed by atoms with Crippen LogP contribution in [0.3, 0.4) is 0 Å². The molecule has 3 heteroatoms. The largest absolute Gasteiger partial charge is 0.468 e. The summed E-state index contributed by atoms with van der Waals surface area (Å²) in [5.41, 5.74) is 1.28. The van der Waals surface area contributed by atoms with E-state index in [-0.39, 0.29) is 0 Å². The van der Waals surface area contributed by atoms with Gasteiger partial charge in [0.25, 0.3) is 6.47 Å². The second-order valence-corrected chi connectivity index (χ2v) is 3.17. The van der Waals surface area contributed by atoms with Crippen LogP contribution in [0.4, 0.5) is 0 Å². The first-order valence-corrected chi connectivity index (χ1v) is 5.10. The maximum atomic E-state index is 9.82. The molecule has 0 heterocycles. The highest BCUT2D eigenvalue weighted by Gasteiger charge is 1.92. The average Bonchev–Trinajstić information content (AvgIpc) is 2.29. The molecule has 0 N–H and O–H groups in total. The van der Waals surface area contributed by atoms with Gasteiger partial charge in [0, 0.05) is 13.0 Å². The number of hydrogen-bond acceptors (Lipinski definition) is 3. The van der Waals surface area contributed by atoms with Crippen molar-refractivity contribution in [3.05, 3.63) is 35.9 Å². The molecule has 0 fully saturated rings. The van der Waals surface area contributed by atoms with Gasteiger partial charge in [-0.3, -0.25) is 4.79 Å². The molecule has 1 aromatic rings. The quantitative estimate of drug-likeness (QED) is 0.483. The summed E-state index contributed by atoms with van der Waals surface area (Å²) >= 11 is 0. The molecule has 0 bridgehead atoms. The molecule has 0 atom stereocenters. The molecule has 1 aromatic carbocycles. The third-order valence-corrected chi connectivity index (χ3v) is 2.00. The summed E-state index contributed by atoms with van der Waals surface area (Å²) in [5.74, 6) is 0. The van der Waals surface area contributed by atoms with Crippen molar-refractivity contribution in [2.24, 2.45) is 0 Å². The second kappa shape index (κ2) is 8.00. The summed E-state index contributed by atoms with van der Waals surface area (Å²) in [6.07, 6.45) is 1.68. The predicted molar refractivity (Wildman–Crippen MR) is 57.6 cm³/mol. The number of carbonyl (C=O) groups is 1. The lowest BCUT2D eigenvalue weighted by Gasteiger charge is -2.03. The van der Waals surface area contributed by atoms with Crippen LogP contribution < -0.4 is 0 Å². The minimum absolute atomic E-state index is 0.439. The van der Waals surface area contributed by atoms with Gasteiger partial charge in [-0.05, 0) is 12.0 Å². The average molecular weight is 208 g/mol. The summed E-state index contributed by atoms with van der Waals surface area (Å²) in [7, 11) is 0. The topological polar surface area (TPSA) is 35.5 Å². The molecule has 1 rings (SSSR count). The minimum Gasteiger partial charge on any atom is -0.468 e. The van der Waals surface area contributed by atoms with Crippen LogP contribution in [0.25, 0.3) is 0 Å². The van der Waals surface area contributed by atoms with Gasteiger partial charge in [-0.2, -0.15) is 0 Å². The lowest BCUT2D eigenvalue weighted by atomic mass is 10.2. The molecule has 15 heavy (non-hydrogen) atoms. The van der Waals surface area contributed by atoms with Gasteiger partial charge in [-0.1, -0.05) is 30.3 Å². The molecule has 0 unspecified atom stereocenters. The lowest BCUT2D eigenvalue weighted by molar-refractivity contribution is -0.129. The molecule has 0 saturated carbocycles. The van der Waals surface area contributed by atoms with E-state index >= 15 is 0 Å². The highest BCUT2D eigenvalue weighted by Crippen LogP contribution is 1.99. The Labute approximate surface area is 90.0 Å². The van der Waals surface area contributed by atoms with Crippen LogP contribution in [0.1, 0.15) is 12.0 Å². The highest BCUT2D eigenvalue weighted by atomic mass is 16.5. The summed E-state index contributed by atoms with van der Waals surface area (Å²) in [5, 5.41) is 0. The molecule has 0 spiro atoms. The number of hydrogen-bond donors (Lipinski definition) is 0. The van der Waals surface area contributed by atoms with Crippen LogP contribution in [0.2, 0.25) is 0 Å². The Morgan fingerprint density at radius 1 is 1.07 bits per heavy atom. The summed E-state index contributed by atoms with van der Waals surface area (Å²) < 4.78 is 9.93. The third-order valence-electron chi connectivity index (χ3n) is 2.00. The van der Waals surface area contributed by atoms with Crippen molar-refractivity contribution in [3.63, 3.8) is 0 Å². The minimum atomic E-state index is 0.439. The maximum Gasteiger partial charge on any atom is 0.293 e. The van der Waals surface area contributed by atoms with Crippen molar-refractivity contribution >= 4 is 6.47 Å². The Kier molecular flexibility index (Phi) is 6.25. The maximum absolute atomic E-state index is 9.82. The fraction of sp³-hybridized carbons (Fsp3) is 0.417. The van der Waals surface area contributed by atoms with Gasteiger partial charge in [-0.15, -0.1) is 0 Å². The van der Waals surface area contributed by atoms with Gasteiger partial charge in [0.15, 0.2) is 0 Å². The molecule has 3 nitrogen and oxygen atoms in total. The van der Waals surface area contributed by atoms with E-state index in [1.165, 1.54) is 5.56 Å². The van der Waals surface area contributed by atoms with Crippen LogP contribution in [-0.4, -0.2) is 26.3 Å². The molecule has 0 radical (unpaired) electrons. The van der Waals surface area contributed by atoms with E-state index in [4.69, 9.17) is 4.74 Å². The van der Waals surface area contributed by atoms with E-state index < -0.39 is 0 Å². The molecule has 0 aliphatic rings. The number of carbonyl (C=O) groups excluding carboxylic acids is 1. The molecular formula is C12H16O3. The fourth-order valence-electron chi connectivity index (χ4n) is 1.23. The molecule has 0 amide bonds. The summed E-state index contributed by atoms with van der Waals surface area (Å²) in [4.78, 5) is 9.82. The normalized spacial score (nSPS) is 9.87. The monoisotopic (exact) mass is 208 g/mol. The number of ether oxygens (including phenoxy) is 2. The van der Waals surface area contributed by atoms with E-state index in [1.807, 2.05) is 18.2 Å². The zero-order valence-electron chi connectivity index (χ0n) is 8.72. The highest BCUT2D eigenvalue weighted by molar-refractivity contribution is 5.36. The smallest absolute Gasteiger partial charge is 0.293 e. The first-order valence-electron chi connectivity index (χ1n) is 5.10. The number of rotatable bonds is 8. The van der Waals surface area contributed by atoms with Crippen LogP contribution in [0.5, 0.6) is 0 Å². The van der Waals surface area contributed by atoms with Gasteiger partial charge in [0.2, 0.25) is 0 Å². The van der Waals surface area contributed by atoms with E-state index in [2.05, 4.69) is 16.9 Å². The fourth-order valence-corrected chi connectivity index (χ4v) is 1.23. The van der Waals surface area contributed by atoms with Crippen molar-refractivity contribution in [1.29, 1.82) is 0 Å².